The van der Waals surface area contributed by atoms with Gasteiger partial charge in [-0.25, -0.2) is 4.98 Å². The highest BCUT2D eigenvalue weighted by Gasteiger charge is 2.28. The molecule has 3 heterocycles. The lowest BCUT2D eigenvalue weighted by atomic mass is 9.84. The third-order valence-corrected chi connectivity index (χ3v) is 13.2. The van der Waals surface area contributed by atoms with Crippen LogP contribution in [-0.2, 0) is 0 Å². The van der Waals surface area contributed by atoms with Crippen LogP contribution in [0.5, 0.6) is 0 Å². The first-order valence-electron chi connectivity index (χ1n) is 21.7. The lowest BCUT2D eigenvalue weighted by molar-refractivity contribution is 0.733. The summed E-state index contributed by atoms with van der Waals surface area (Å²) >= 11 is 0. The molecule has 0 fully saturated rings. The van der Waals surface area contributed by atoms with Gasteiger partial charge in [0.05, 0.1) is 16.6 Å². The number of hydrogen-bond donors (Lipinski definition) is 0. The van der Waals surface area contributed by atoms with Crippen molar-refractivity contribution in [2.45, 2.75) is 19.3 Å². The second-order valence-electron chi connectivity index (χ2n) is 16.9. The Morgan fingerprint density at radius 2 is 0.984 bits per heavy atom. The summed E-state index contributed by atoms with van der Waals surface area (Å²) in [7, 11) is 0. The van der Waals surface area contributed by atoms with E-state index in [0.29, 0.717) is 23.5 Å². The number of fused-ring (bicyclic) bond motifs is 9. The molecule has 0 N–H and O–H groups in total. The normalized spacial score (nSPS) is 14.0. The molecule has 1 aliphatic rings. The summed E-state index contributed by atoms with van der Waals surface area (Å²) in [5.74, 6) is 2.16. The third-order valence-electron chi connectivity index (χ3n) is 13.2. The molecule has 296 valence electrons. The molecule has 0 radical (unpaired) electrons. The molecular formula is C58H39N5. The van der Waals surface area contributed by atoms with E-state index in [2.05, 4.69) is 216 Å². The Balaban J connectivity index is 1.00. The van der Waals surface area contributed by atoms with Gasteiger partial charge in [0.15, 0.2) is 11.6 Å². The molecule has 9 aromatic carbocycles. The number of hydrogen-bond acceptors (Lipinski definition) is 3. The fourth-order valence-corrected chi connectivity index (χ4v) is 10.3. The van der Waals surface area contributed by atoms with E-state index in [1.165, 1.54) is 55.1 Å². The largest absolute Gasteiger partial charge is 0.313 e. The van der Waals surface area contributed by atoms with Crippen molar-refractivity contribution in [3.63, 3.8) is 0 Å². The lowest BCUT2D eigenvalue weighted by Crippen LogP contribution is -2.09. The Bertz CT molecular complexity index is 3760. The topological polar surface area (TPSA) is 48.5 Å². The molecule has 0 spiro atoms. The molecule has 13 rings (SSSR count). The van der Waals surface area contributed by atoms with Gasteiger partial charge >= 0.3 is 0 Å². The predicted octanol–water partition coefficient (Wildman–Crippen LogP) is 14.8. The highest BCUT2D eigenvalue weighted by Crippen LogP contribution is 2.45. The van der Waals surface area contributed by atoms with Crippen LogP contribution in [0.4, 0.5) is 0 Å². The quantitative estimate of drug-likeness (QED) is 0.174. The van der Waals surface area contributed by atoms with E-state index < -0.39 is 0 Å². The summed E-state index contributed by atoms with van der Waals surface area (Å²) in [6, 6.07) is 69.5. The highest BCUT2D eigenvalue weighted by atomic mass is 15.2. The molecule has 1 aliphatic carbocycles. The van der Waals surface area contributed by atoms with Gasteiger partial charge in [0, 0.05) is 50.1 Å². The van der Waals surface area contributed by atoms with Crippen molar-refractivity contribution in [2.75, 3.05) is 0 Å². The Morgan fingerprint density at radius 1 is 0.429 bits per heavy atom. The molecule has 3 aromatic heterocycles. The van der Waals surface area contributed by atoms with E-state index in [0.717, 1.165) is 55.5 Å². The average Bonchev–Trinajstić information content (AvgIpc) is 3.86. The zero-order valence-electron chi connectivity index (χ0n) is 34.6. The van der Waals surface area contributed by atoms with Crippen molar-refractivity contribution in [3.8, 4) is 34.4 Å². The molecule has 1 atom stereocenters. The first-order valence-corrected chi connectivity index (χ1v) is 21.7. The van der Waals surface area contributed by atoms with Crippen LogP contribution >= 0.6 is 0 Å². The molecule has 0 saturated carbocycles. The first kappa shape index (κ1) is 35.6. The van der Waals surface area contributed by atoms with E-state index in [4.69, 9.17) is 15.0 Å². The fourth-order valence-electron chi connectivity index (χ4n) is 10.3. The minimum atomic E-state index is 0.293. The van der Waals surface area contributed by atoms with E-state index in [1.807, 2.05) is 0 Å². The molecule has 0 saturated heterocycles. The van der Waals surface area contributed by atoms with Crippen LogP contribution in [0.1, 0.15) is 36.1 Å². The van der Waals surface area contributed by atoms with E-state index in [-0.39, 0.29) is 0 Å². The number of para-hydroxylation sites is 2. The van der Waals surface area contributed by atoms with E-state index in [1.54, 1.807) is 0 Å². The predicted molar refractivity (Wildman–Crippen MR) is 262 cm³/mol. The molecule has 12 aromatic rings. The number of nitrogens with zero attached hydrogens (tertiary/aromatic N) is 5. The van der Waals surface area contributed by atoms with Gasteiger partial charge < -0.3 is 4.57 Å². The minimum absolute atomic E-state index is 0.293. The highest BCUT2D eigenvalue weighted by molar-refractivity contribution is 6.11. The van der Waals surface area contributed by atoms with Crippen LogP contribution < -0.4 is 0 Å². The van der Waals surface area contributed by atoms with Gasteiger partial charge in [-0.2, -0.15) is 9.97 Å². The van der Waals surface area contributed by atoms with Gasteiger partial charge in [0.1, 0.15) is 0 Å². The van der Waals surface area contributed by atoms with Crippen LogP contribution in [0.2, 0.25) is 0 Å². The molecule has 5 heteroatoms. The summed E-state index contributed by atoms with van der Waals surface area (Å²) in [4.78, 5) is 16.0. The van der Waals surface area contributed by atoms with Crippen molar-refractivity contribution in [1.82, 2.24) is 24.1 Å². The van der Waals surface area contributed by atoms with Crippen LogP contribution in [0.3, 0.4) is 0 Å². The maximum absolute atomic E-state index is 5.35. The summed E-state index contributed by atoms with van der Waals surface area (Å²) in [5, 5.41) is 10.6. The summed E-state index contributed by atoms with van der Waals surface area (Å²) in [6.45, 7) is 2.38. The Kier molecular flexibility index (Phi) is 7.88. The maximum atomic E-state index is 5.35. The van der Waals surface area contributed by atoms with E-state index in [9.17, 15) is 0 Å². The molecule has 1 unspecified atom stereocenters. The lowest BCUT2D eigenvalue weighted by Gasteiger charge is -2.24. The summed E-state index contributed by atoms with van der Waals surface area (Å²) in [5.41, 5.74) is 11.7. The molecule has 0 bridgehead atoms. The number of allylic oxidation sites excluding steroid dienone is 1. The van der Waals surface area contributed by atoms with Crippen molar-refractivity contribution in [2.24, 2.45) is 0 Å². The van der Waals surface area contributed by atoms with Gasteiger partial charge in [-0.15, -0.1) is 0 Å². The summed E-state index contributed by atoms with van der Waals surface area (Å²) in [6.07, 6.45) is 3.38. The Labute approximate surface area is 363 Å². The van der Waals surface area contributed by atoms with Crippen LogP contribution in [0, 0.1) is 0 Å². The second-order valence-corrected chi connectivity index (χ2v) is 16.9. The van der Waals surface area contributed by atoms with Crippen LogP contribution in [0.15, 0.2) is 194 Å². The molecular weight excluding hydrogens is 767 g/mol. The molecule has 63 heavy (non-hydrogen) atoms. The van der Waals surface area contributed by atoms with Gasteiger partial charge in [0.25, 0.3) is 0 Å². The van der Waals surface area contributed by atoms with Crippen molar-refractivity contribution in [1.29, 1.82) is 0 Å². The average molecular weight is 806 g/mol. The number of rotatable bonds is 5. The van der Waals surface area contributed by atoms with Crippen molar-refractivity contribution in [3.05, 3.63) is 211 Å². The minimum Gasteiger partial charge on any atom is -0.313 e. The zero-order valence-corrected chi connectivity index (χ0v) is 34.6. The molecule has 5 nitrogen and oxygen atoms in total. The van der Waals surface area contributed by atoms with Gasteiger partial charge in [-0.1, -0.05) is 165 Å². The van der Waals surface area contributed by atoms with Gasteiger partial charge in [-0.3, -0.25) is 4.57 Å². The molecule has 0 amide bonds. The summed E-state index contributed by atoms with van der Waals surface area (Å²) < 4.78 is 4.73. The first-order chi connectivity index (χ1) is 31.1. The van der Waals surface area contributed by atoms with Crippen LogP contribution in [-0.4, -0.2) is 24.1 Å². The standard InChI is InChI=1S/C58H39N5/c1-36-32-42(35-51-47-23-9-10-26-52(47)62(55(36)51)43-30-28-37-14-2-3-17-40(37)33-43)41-29-31-54-50(34-41)46-22-8-11-27-53(46)63(54)58-60-56(48-24-12-18-38-15-4-6-20-44(38)48)59-57(61-58)49-25-13-19-39-16-5-7-21-45(39)49/h2-31,33-36H,32H2,1H3. The maximum Gasteiger partial charge on any atom is 0.238 e. The Morgan fingerprint density at radius 3 is 1.68 bits per heavy atom. The molecule has 0 aliphatic heterocycles. The number of benzene rings is 9. The second kappa shape index (κ2) is 13.9. The smallest absolute Gasteiger partial charge is 0.238 e. The SMILES string of the molecule is CC1CC(c2ccc3c(c2)c2ccccc2n3-c2nc(-c3cccc4ccccc34)nc(-c3cccc4ccccc34)n2)=Cc2c1n(-c1ccc3ccccc3c1)c1ccccc21. The zero-order chi connectivity index (χ0) is 41.6. The Hall–Kier alpha value is -8.15. The van der Waals surface area contributed by atoms with E-state index >= 15 is 0 Å². The van der Waals surface area contributed by atoms with Crippen LogP contribution in [0.25, 0.3) is 111 Å². The number of aromatic nitrogens is 5. The third kappa shape index (κ3) is 5.60. The van der Waals surface area contributed by atoms with Gasteiger partial charge in [0.2, 0.25) is 5.95 Å². The van der Waals surface area contributed by atoms with Gasteiger partial charge in [-0.05, 0) is 92.3 Å². The monoisotopic (exact) mass is 805 g/mol. The van der Waals surface area contributed by atoms with Crippen molar-refractivity contribution < 1.29 is 0 Å². The fraction of sp³-hybridized carbons (Fsp3) is 0.0517. The van der Waals surface area contributed by atoms with Crippen molar-refractivity contribution >= 4 is 76.7 Å².